The predicted molar refractivity (Wildman–Crippen MR) is 53.5 cm³/mol. The molecule has 2 nitrogen and oxygen atoms in total. The van der Waals surface area contributed by atoms with E-state index in [9.17, 15) is 0 Å². The summed E-state index contributed by atoms with van der Waals surface area (Å²) in [5.41, 5.74) is 0.119. The van der Waals surface area contributed by atoms with Gasteiger partial charge in [-0.2, -0.15) is 0 Å². The fraction of sp³-hybridized carbons (Fsp3) is 1.00. The third-order valence-electron chi connectivity index (χ3n) is 4.05. The maximum Gasteiger partial charge on any atom is 0.124 e. The maximum atomic E-state index is 6.06. The summed E-state index contributed by atoms with van der Waals surface area (Å²) in [6, 6.07) is 0.604. The smallest absolute Gasteiger partial charge is 0.124 e. The Bertz CT molecular complexity index is 191. The third kappa shape index (κ3) is 1.23. The van der Waals surface area contributed by atoms with Crippen LogP contribution in [0.15, 0.2) is 0 Å². The van der Waals surface area contributed by atoms with Crippen molar-refractivity contribution in [3.63, 3.8) is 0 Å². The van der Waals surface area contributed by atoms with Gasteiger partial charge in [0.05, 0.1) is 6.61 Å². The van der Waals surface area contributed by atoms with E-state index in [1.54, 1.807) is 0 Å². The predicted octanol–water partition coefficient (Wildman–Crippen LogP) is 2.24. The summed E-state index contributed by atoms with van der Waals surface area (Å²) in [6.45, 7) is 5.48. The van der Waals surface area contributed by atoms with Crippen molar-refractivity contribution < 1.29 is 4.74 Å². The van der Waals surface area contributed by atoms with Crippen molar-refractivity contribution in [1.82, 2.24) is 4.90 Å². The van der Waals surface area contributed by atoms with E-state index in [0.29, 0.717) is 6.04 Å². The van der Waals surface area contributed by atoms with Crippen LogP contribution in [0.4, 0.5) is 0 Å². The summed E-state index contributed by atoms with van der Waals surface area (Å²) >= 11 is 0. The molecule has 1 aliphatic heterocycles. The van der Waals surface area contributed by atoms with Gasteiger partial charge in [-0.1, -0.05) is 6.92 Å². The average Bonchev–Trinajstić information content (AvgIpc) is 2.67. The van der Waals surface area contributed by atoms with Gasteiger partial charge in [0, 0.05) is 12.0 Å². The molecule has 2 fully saturated rings. The molecular weight excluding hydrogens is 162 g/mol. The lowest BCUT2D eigenvalue weighted by atomic mass is 9.95. The zero-order valence-electron chi connectivity index (χ0n) is 9.05. The normalized spacial score (nSPS) is 46.4. The van der Waals surface area contributed by atoms with E-state index in [0.717, 1.165) is 12.5 Å². The first-order valence-corrected chi connectivity index (χ1v) is 5.57. The van der Waals surface area contributed by atoms with Gasteiger partial charge in [0.25, 0.3) is 0 Å². The molecule has 2 rings (SSSR count). The van der Waals surface area contributed by atoms with E-state index < -0.39 is 0 Å². The Morgan fingerprint density at radius 1 is 1.54 bits per heavy atom. The fourth-order valence-electron chi connectivity index (χ4n) is 3.06. The van der Waals surface area contributed by atoms with Crippen LogP contribution in [0.1, 0.15) is 39.5 Å². The van der Waals surface area contributed by atoms with Gasteiger partial charge < -0.3 is 4.74 Å². The highest BCUT2D eigenvalue weighted by Crippen LogP contribution is 2.46. The summed E-state index contributed by atoms with van der Waals surface area (Å²) in [5.74, 6) is 0.766. The second-order valence-electron chi connectivity index (χ2n) is 4.61. The van der Waals surface area contributed by atoms with E-state index in [2.05, 4.69) is 25.8 Å². The van der Waals surface area contributed by atoms with E-state index in [1.165, 1.54) is 25.7 Å². The summed E-state index contributed by atoms with van der Waals surface area (Å²) in [5, 5.41) is 0. The maximum absolute atomic E-state index is 6.06. The molecule has 0 N–H and O–H groups in total. The Kier molecular flexibility index (Phi) is 2.37. The molecule has 2 heteroatoms. The molecule has 0 aromatic heterocycles. The summed E-state index contributed by atoms with van der Waals surface area (Å²) in [7, 11) is 2.23. The third-order valence-corrected chi connectivity index (χ3v) is 4.05. The monoisotopic (exact) mass is 183 g/mol. The van der Waals surface area contributed by atoms with E-state index in [1.807, 2.05) is 0 Å². The van der Waals surface area contributed by atoms with Gasteiger partial charge >= 0.3 is 0 Å². The Morgan fingerprint density at radius 2 is 2.31 bits per heavy atom. The molecule has 0 bridgehead atoms. The van der Waals surface area contributed by atoms with Crippen molar-refractivity contribution in [2.75, 3.05) is 13.7 Å². The minimum Gasteiger partial charge on any atom is -0.359 e. The number of rotatable bonds is 1. The molecular formula is C11H21NO. The molecule has 76 valence electrons. The van der Waals surface area contributed by atoms with Crippen molar-refractivity contribution in [1.29, 1.82) is 0 Å². The number of hydrogen-bond acceptors (Lipinski definition) is 2. The van der Waals surface area contributed by atoms with Crippen molar-refractivity contribution >= 4 is 0 Å². The van der Waals surface area contributed by atoms with Gasteiger partial charge in [-0.3, -0.25) is 4.90 Å². The lowest BCUT2D eigenvalue weighted by molar-refractivity contribution is -0.104. The van der Waals surface area contributed by atoms with Gasteiger partial charge in [0.15, 0.2) is 0 Å². The van der Waals surface area contributed by atoms with Crippen molar-refractivity contribution in [2.24, 2.45) is 5.92 Å². The highest BCUT2D eigenvalue weighted by atomic mass is 16.5. The number of nitrogens with zero attached hydrogens (tertiary/aromatic N) is 1. The van der Waals surface area contributed by atoms with Crippen LogP contribution in [0.3, 0.4) is 0 Å². The van der Waals surface area contributed by atoms with Crippen molar-refractivity contribution in [3.8, 4) is 0 Å². The van der Waals surface area contributed by atoms with Crippen LogP contribution < -0.4 is 0 Å². The van der Waals surface area contributed by atoms with Gasteiger partial charge in [0.1, 0.15) is 5.72 Å². The van der Waals surface area contributed by atoms with Crippen molar-refractivity contribution in [3.05, 3.63) is 0 Å². The molecule has 1 saturated heterocycles. The fourth-order valence-corrected chi connectivity index (χ4v) is 3.06. The van der Waals surface area contributed by atoms with Gasteiger partial charge in [-0.25, -0.2) is 0 Å². The first kappa shape index (κ1) is 9.47. The zero-order valence-corrected chi connectivity index (χ0v) is 9.05. The molecule has 0 aromatic rings. The number of ether oxygens (including phenoxy) is 1. The number of likely N-dealkylation sites (N-methyl/N-ethyl adjacent to an activating group) is 1. The topological polar surface area (TPSA) is 12.5 Å². The number of hydrogen-bond donors (Lipinski definition) is 0. The highest BCUT2D eigenvalue weighted by molar-refractivity contribution is 4.97. The van der Waals surface area contributed by atoms with Crippen LogP contribution >= 0.6 is 0 Å². The lowest BCUT2D eigenvalue weighted by Crippen LogP contribution is -2.47. The van der Waals surface area contributed by atoms with E-state index in [4.69, 9.17) is 4.74 Å². The molecule has 1 spiro atoms. The first-order valence-electron chi connectivity index (χ1n) is 5.57. The van der Waals surface area contributed by atoms with Crippen molar-refractivity contribution in [2.45, 2.75) is 51.3 Å². The molecule has 0 aromatic carbocycles. The van der Waals surface area contributed by atoms with Crippen LogP contribution in [-0.2, 0) is 4.74 Å². The van der Waals surface area contributed by atoms with E-state index in [-0.39, 0.29) is 5.72 Å². The molecule has 1 saturated carbocycles. The van der Waals surface area contributed by atoms with Crippen LogP contribution in [0.2, 0.25) is 0 Å². The minimum atomic E-state index is 0.119. The SMILES string of the molecule is CC[C@@H]1CCC[C@@]12OC[C@H](C)N2C. The largest absolute Gasteiger partial charge is 0.359 e. The van der Waals surface area contributed by atoms with Crippen LogP contribution in [0.5, 0.6) is 0 Å². The molecule has 1 heterocycles. The van der Waals surface area contributed by atoms with Gasteiger partial charge in [0.2, 0.25) is 0 Å². The summed E-state index contributed by atoms with van der Waals surface area (Å²) < 4.78 is 6.06. The Morgan fingerprint density at radius 3 is 2.85 bits per heavy atom. The Labute approximate surface area is 81.3 Å². The lowest BCUT2D eigenvalue weighted by Gasteiger charge is -2.37. The van der Waals surface area contributed by atoms with E-state index >= 15 is 0 Å². The second-order valence-corrected chi connectivity index (χ2v) is 4.61. The summed E-state index contributed by atoms with van der Waals surface area (Å²) in [4.78, 5) is 2.47. The molecule has 3 atom stereocenters. The second kappa shape index (κ2) is 3.25. The Balaban J connectivity index is 2.19. The molecule has 13 heavy (non-hydrogen) atoms. The van der Waals surface area contributed by atoms with Crippen LogP contribution in [0, 0.1) is 5.92 Å². The highest BCUT2D eigenvalue weighted by Gasteiger charge is 2.51. The summed E-state index contributed by atoms with van der Waals surface area (Å²) in [6.07, 6.45) is 5.20. The molecule has 0 amide bonds. The van der Waals surface area contributed by atoms with Gasteiger partial charge in [-0.05, 0) is 39.7 Å². The molecule has 0 unspecified atom stereocenters. The molecule has 2 aliphatic rings. The standard InChI is InChI=1S/C11H21NO/c1-4-10-6-5-7-11(10)12(3)9(2)8-13-11/h9-10H,4-8H2,1-3H3/t9-,10+,11+/m0/s1. The average molecular weight is 183 g/mol. The quantitative estimate of drug-likeness (QED) is 0.618. The van der Waals surface area contributed by atoms with Crippen LogP contribution in [0.25, 0.3) is 0 Å². The van der Waals surface area contributed by atoms with Gasteiger partial charge in [-0.15, -0.1) is 0 Å². The minimum absolute atomic E-state index is 0.119. The first-order chi connectivity index (χ1) is 6.20. The van der Waals surface area contributed by atoms with Crippen LogP contribution in [-0.4, -0.2) is 30.3 Å². The molecule has 0 radical (unpaired) electrons. The Hall–Kier alpha value is -0.0800. The zero-order chi connectivity index (χ0) is 9.47. The molecule has 1 aliphatic carbocycles.